The molecular weight excluding hydrogens is 300 g/mol. The molecule has 0 saturated carbocycles. The van der Waals surface area contributed by atoms with Gasteiger partial charge in [0.25, 0.3) is 9.05 Å². The van der Waals surface area contributed by atoms with Gasteiger partial charge in [-0.25, -0.2) is 8.42 Å². The lowest BCUT2D eigenvalue weighted by Crippen LogP contribution is -2.25. The van der Waals surface area contributed by atoms with Crippen LogP contribution in [0, 0.1) is 0 Å². The molecule has 20 heavy (non-hydrogen) atoms. The molecule has 0 fully saturated rings. The molecule has 1 aromatic carbocycles. The summed E-state index contributed by atoms with van der Waals surface area (Å²) < 4.78 is 34.5. The van der Waals surface area contributed by atoms with Crippen molar-refractivity contribution < 1.29 is 17.9 Å². The molecule has 0 spiro atoms. The number of rotatable bonds is 3. The highest BCUT2D eigenvalue weighted by atomic mass is 35.7. The molecule has 0 saturated heterocycles. The van der Waals surface area contributed by atoms with E-state index >= 15 is 0 Å². The summed E-state index contributed by atoms with van der Waals surface area (Å²) in [6.07, 6.45) is 0. The molecule has 0 bridgehead atoms. The van der Waals surface area contributed by atoms with Crippen molar-refractivity contribution >= 4 is 19.7 Å². The molecule has 0 amide bonds. The monoisotopic (exact) mass is 320 g/mol. The number of hydrogen-bond acceptors (Lipinski definition) is 4. The Hall–Kier alpha value is -0.940. The number of ether oxygens (including phenoxy) is 2. The fraction of sp³-hybridized carbons (Fsp3) is 0.571. The first-order valence-electron chi connectivity index (χ1n) is 6.25. The number of halogens is 1. The maximum Gasteiger partial charge on any atom is 0.264 e. The van der Waals surface area contributed by atoms with Gasteiger partial charge < -0.3 is 9.47 Å². The van der Waals surface area contributed by atoms with Crippen LogP contribution in [-0.2, 0) is 9.05 Å². The van der Waals surface area contributed by atoms with Crippen LogP contribution in [0.5, 0.6) is 11.5 Å². The van der Waals surface area contributed by atoms with Gasteiger partial charge in [-0.3, -0.25) is 0 Å². The molecular formula is C14H21ClO4S. The van der Waals surface area contributed by atoms with Crippen molar-refractivity contribution in [2.75, 3.05) is 0 Å². The Kier molecular flexibility index (Phi) is 4.66. The SMILES string of the molecule is CC(C)(C)Oc1ccc(S(=O)(=O)Cl)c(OC(C)(C)C)c1. The standard InChI is InChI=1S/C14H21ClO4S/c1-13(2,3)18-10-7-8-12(20(15,16)17)11(9-10)19-14(4,5)6/h7-9H,1-6H3. The van der Waals surface area contributed by atoms with Crippen molar-refractivity contribution in [3.05, 3.63) is 18.2 Å². The molecule has 0 radical (unpaired) electrons. The third-order valence-electron chi connectivity index (χ3n) is 2.02. The van der Waals surface area contributed by atoms with Gasteiger partial charge in [0.15, 0.2) is 0 Å². The Morgan fingerprint density at radius 2 is 1.45 bits per heavy atom. The molecule has 0 N–H and O–H groups in total. The average molecular weight is 321 g/mol. The maximum absolute atomic E-state index is 11.6. The summed E-state index contributed by atoms with van der Waals surface area (Å²) in [7, 11) is 1.55. The van der Waals surface area contributed by atoms with Crippen molar-refractivity contribution in [2.45, 2.75) is 57.6 Å². The van der Waals surface area contributed by atoms with E-state index in [-0.39, 0.29) is 16.2 Å². The van der Waals surface area contributed by atoms with Crippen LogP contribution in [0.15, 0.2) is 23.1 Å². The molecule has 0 aliphatic heterocycles. The number of hydrogen-bond donors (Lipinski definition) is 0. The third kappa shape index (κ3) is 5.59. The molecule has 0 aliphatic rings. The van der Waals surface area contributed by atoms with Crippen molar-refractivity contribution in [3.63, 3.8) is 0 Å². The van der Waals surface area contributed by atoms with Crippen molar-refractivity contribution in [1.29, 1.82) is 0 Å². The summed E-state index contributed by atoms with van der Waals surface area (Å²) in [5.41, 5.74) is -0.933. The summed E-state index contributed by atoms with van der Waals surface area (Å²) in [5, 5.41) is 0. The van der Waals surface area contributed by atoms with Crippen molar-refractivity contribution in [2.24, 2.45) is 0 Å². The summed E-state index contributed by atoms with van der Waals surface area (Å²) in [6.45, 7) is 11.2. The van der Waals surface area contributed by atoms with Crippen LogP contribution < -0.4 is 9.47 Å². The van der Waals surface area contributed by atoms with E-state index in [2.05, 4.69) is 0 Å². The molecule has 0 atom stereocenters. The van der Waals surface area contributed by atoms with E-state index < -0.39 is 14.7 Å². The van der Waals surface area contributed by atoms with Gasteiger partial charge in [0, 0.05) is 16.7 Å². The molecule has 1 aromatic rings. The predicted octanol–water partition coefficient (Wildman–Crippen LogP) is 3.97. The highest BCUT2D eigenvalue weighted by molar-refractivity contribution is 8.13. The molecule has 4 nitrogen and oxygen atoms in total. The predicted molar refractivity (Wildman–Crippen MR) is 80.2 cm³/mol. The topological polar surface area (TPSA) is 52.6 Å². The van der Waals surface area contributed by atoms with Gasteiger partial charge >= 0.3 is 0 Å². The van der Waals surface area contributed by atoms with Crippen LogP contribution in [0.4, 0.5) is 0 Å². The Morgan fingerprint density at radius 1 is 0.950 bits per heavy atom. The van der Waals surface area contributed by atoms with E-state index in [0.29, 0.717) is 5.75 Å². The van der Waals surface area contributed by atoms with Gasteiger partial charge in [-0.15, -0.1) is 0 Å². The molecule has 1 rings (SSSR count). The quantitative estimate of drug-likeness (QED) is 0.791. The zero-order valence-corrected chi connectivity index (χ0v) is 14.2. The summed E-state index contributed by atoms with van der Waals surface area (Å²) in [6, 6.07) is 4.51. The second-order valence-corrected chi connectivity index (χ2v) is 9.01. The molecule has 6 heteroatoms. The maximum atomic E-state index is 11.6. The van der Waals surface area contributed by atoms with Gasteiger partial charge in [-0.2, -0.15) is 0 Å². The van der Waals surface area contributed by atoms with Crippen molar-refractivity contribution in [3.8, 4) is 11.5 Å². The van der Waals surface area contributed by atoms with Crippen LogP contribution in [0.1, 0.15) is 41.5 Å². The minimum atomic E-state index is -3.87. The summed E-state index contributed by atoms with van der Waals surface area (Å²) >= 11 is 0. The second-order valence-electron chi connectivity index (χ2n) is 6.48. The highest BCUT2D eigenvalue weighted by Gasteiger charge is 2.23. The minimum Gasteiger partial charge on any atom is -0.488 e. The lowest BCUT2D eigenvalue weighted by molar-refractivity contribution is 0.118. The Morgan fingerprint density at radius 3 is 1.85 bits per heavy atom. The molecule has 114 valence electrons. The van der Waals surface area contributed by atoms with Crippen LogP contribution >= 0.6 is 10.7 Å². The van der Waals surface area contributed by atoms with Crippen molar-refractivity contribution in [1.82, 2.24) is 0 Å². The van der Waals surface area contributed by atoms with Gasteiger partial charge in [0.1, 0.15) is 27.6 Å². The highest BCUT2D eigenvalue weighted by Crippen LogP contribution is 2.34. The summed E-state index contributed by atoms with van der Waals surface area (Å²) in [4.78, 5) is -0.0599. The Labute approximate surface area is 125 Å². The first-order chi connectivity index (χ1) is 8.78. The van der Waals surface area contributed by atoms with E-state index in [4.69, 9.17) is 20.2 Å². The minimum absolute atomic E-state index is 0.0599. The Balaban J connectivity index is 3.29. The third-order valence-corrected chi connectivity index (χ3v) is 3.38. The zero-order valence-electron chi connectivity index (χ0n) is 12.7. The van der Waals surface area contributed by atoms with Crippen LogP contribution in [0.3, 0.4) is 0 Å². The van der Waals surface area contributed by atoms with E-state index in [1.54, 1.807) is 12.1 Å². The largest absolute Gasteiger partial charge is 0.488 e. The van der Waals surface area contributed by atoms with E-state index in [0.717, 1.165) is 0 Å². The number of benzene rings is 1. The molecule has 0 heterocycles. The first-order valence-corrected chi connectivity index (χ1v) is 8.56. The van der Waals surface area contributed by atoms with Crippen LogP contribution in [-0.4, -0.2) is 19.6 Å². The van der Waals surface area contributed by atoms with E-state index in [1.165, 1.54) is 6.07 Å². The van der Waals surface area contributed by atoms with Gasteiger partial charge in [-0.1, -0.05) is 0 Å². The second kappa shape index (κ2) is 5.45. The first kappa shape index (κ1) is 17.1. The van der Waals surface area contributed by atoms with Crippen LogP contribution in [0.2, 0.25) is 0 Å². The zero-order chi connectivity index (χ0) is 15.8. The fourth-order valence-electron chi connectivity index (χ4n) is 1.52. The lowest BCUT2D eigenvalue weighted by atomic mass is 10.2. The molecule has 0 aliphatic carbocycles. The van der Waals surface area contributed by atoms with Gasteiger partial charge in [0.2, 0.25) is 0 Å². The van der Waals surface area contributed by atoms with Gasteiger partial charge in [-0.05, 0) is 53.7 Å². The molecule has 0 aromatic heterocycles. The molecule has 0 unspecified atom stereocenters. The average Bonchev–Trinajstić information content (AvgIpc) is 2.09. The van der Waals surface area contributed by atoms with E-state index in [1.807, 2.05) is 41.5 Å². The van der Waals surface area contributed by atoms with Crippen LogP contribution in [0.25, 0.3) is 0 Å². The normalized spacial score (nSPS) is 13.2. The van der Waals surface area contributed by atoms with Gasteiger partial charge in [0.05, 0.1) is 0 Å². The fourth-order valence-corrected chi connectivity index (χ4v) is 2.47. The smallest absolute Gasteiger partial charge is 0.264 e. The lowest BCUT2D eigenvalue weighted by Gasteiger charge is -2.25. The van der Waals surface area contributed by atoms with E-state index in [9.17, 15) is 8.42 Å². The Bertz CT molecular complexity index is 580. The summed E-state index contributed by atoms with van der Waals surface area (Å²) in [5.74, 6) is 0.718.